The fourth-order valence-electron chi connectivity index (χ4n) is 2.73. The molecule has 0 saturated carbocycles. The SMILES string of the molecule is CC1=C2C(=O)N(C)C(c3nnc(-c4nnc(C)[se]4)[se]3)=C2C(=O)N1C. The molecule has 4 rings (SSSR count). The molecular weight excluding hydrogens is 442 g/mol. The number of fused-ring (bicyclic) bond motifs is 1. The second-order valence-corrected chi connectivity index (χ2v) is 9.98. The van der Waals surface area contributed by atoms with Crippen molar-refractivity contribution >= 4 is 46.5 Å². The maximum atomic E-state index is 12.6. The molecule has 2 aliphatic heterocycles. The Morgan fingerprint density at radius 1 is 0.750 bits per heavy atom. The Kier molecular flexibility index (Phi) is 3.47. The summed E-state index contributed by atoms with van der Waals surface area (Å²) in [4.78, 5) is 28.1. The number of aryl methyl sites for hydroxylation is 1. The Morgan fingerprint density at radius 3 is 2.00 bits per heavy atom. The Morgan fingerprint density at radius 2 is 1.33 bits per heavy atom. The first-order chi connectivity index (χ1) is 11.4. The molecule has 0 radical (unpaired) electrons. The van der Waals surface area contributed by atoms with Gasteiger partial charge < -0.3 is 0 Å². The molecular formula is C14H12N6O2Se2. The number of nitrogens with zero attached hydrogens (tertiary/aromatic N) is 6. The summed E-state index contributed by atoms with van der Waals surface area (Å²) in [6.07, 6.45) is 0. The molecule has 2 amide bonds. The summed E-state index contributed by atoms with van der Waals surface area (Å²) < 4.78 is 3.42. The van der Waals surface area contributed by atoms with Crippen LogP contribution in [0.3, 0.4) is 0 Å². The molecule has 0 unspecified atom stereocenters. The first-order valence-corrected chi connectivity index (χ1v) is 10.5. The monoisotopic (exact) mass is 456 g/mol. The number of carbonyl (C=O) groups is 2. The van der Waals surface area contributed by atoms with Crippen molar-refractivity contribution in [3.63, 3.8) is 0 Å². The normalized spacial score (nSPS) is 17.7. The summed E-state index contributed by atoms with van der Waals surface area (Å²) in [5.41, 5.74) is 2.20. The van der Waals surface area contributed by atoms with E-state index < -0.39 is 0 Å². The van der Waals surface area contributed by atoms with E-state index in [-0.39, 0.29) is 40.8 Å². The topological polar surface area (TPSA) is 92.2 Å². The van der Waals surface area contributed by atoms with Gasteiger partial charge in [-0.25, -0.2) is 0 Å². The second kappa shape index (κ2) is 5.32. The molecule has 0 saturated heterocycles. The van der Waals surface area contributed by atoms with Gasteiger partial charge in [-0.05, 0) is 0 Å². The van der Waals surface area contributed by atoms with Gasteiger partial charge in [-0.1, -0.05) is 0 Å². The van der Waals surface area contributed by atoms with Gasteiger partial charge in [0.2, 0.25) is 0 Å². The van der Waals surface area contributed by atoms with Crippen molar-refractivity contribution in [2.24, 2.45) is 0 Å². The molecule has 24 heavy (non-hydrogen) atoms. The molecule has 0 atom stereocenters. The van der Waals surface area contributed by atoms with Crippen LogP contribution >= 0.6 is 0 Å². The van der Waals surface area contributed by atoms with Crippen molar-refractivity contribution in [1.82, 2.24) is 30.2 Å². The van der Waals surface area contributed by atoms with E-state index in [0.29, 0.717) is 27.1 Å². The van der Waals surface area contributed by atoms with Crippen LogP contribution in [-0.2, 0) is 9.59 Å². The molecule has 2 aromatic rings. The minimum absolute atomic E-state index is 0.0891. The van der Waals surface area contributed by atoms with Gasteiger partial charge in [-0.3, -0.25) is 0 Å². The maximum absolute atomic E-state index is 12.6. The van der Waals surface area contributed by atoms with Crippen molar-refractivity contribution < 1.29 is 9.59 Å². The molecule has 122 valence electrons. The second-order valence-electron chi connectivity index (χ2n) is 5.45. The Hall–Kier alpha value is -1.86. The summed E-state index contributed by atoms with van der Waals surface area (Å²) in [6.45, 7) is 3.73. The average molecular weight is 454 g/mol. The standard InChI is InChI=1S/C14H12N6O2Se2/c1-5-7-8(14(22)19(5)3)9(20(4)13(7)21)10-16-18-12(24-10)11-17-15-6(2)23-11/h1-4H3. The number of allylic oxidation sites excluding steroid dienone is 1. The molecule has 0 N–H and O–H groups in total. The van der Waals surface area contributed by atoms with Crippen LogP contribution in [0.15, 0.2) is 16.8 Å². The van der Waals surface area contributed by atoms with Gasteiger partial charge in [-0.2, -0.15) is 0 Å². The third-order valence-electron chi connectivity index (χ3n) is 4.06. The molecule has 4 heterocycles. The van der Waals surface area contributed by atoms with Crippen molar-refractivity contribution in [3.8, 4) is 9.14 Å². The fourth-order valence-corrected chi connectivity index (χ4v) is 6.54. The summed E-state index contributed by atoms with van der Waals surface area (Å²) in [7, 11) is 3.36. The van der Waals surface area contributed by atoms with E-state index in [9.17, 15) is 9.59 Å². The Labute approximate surface area is 149 Å². The Bertz CT molecular complexity index is 970. The molecule has 0 spiro atoms. The predicted octanol–water partition coefficient (Wildman–Crippen LogP) is -0.715. The van der Waals surface area contributed by atoms with E-state index in [2.05, 4.69) is 20.4 Å². The third kappa shape index (κ3) is 2.04. The molecule has 0 fully saturated rings. The van der Waals surface area contributed by atoms with E-state index in [4.69, 9.17) is 0 Å². The van der Waals surface area contributed by atoms with E-state index in [1.165, 1.54) is 9.80 Å². The quantitative estimate of drug-likeness (QED) is 0.557. The zero-order valence-corrected chi connectivity index (χ0v) is 16.7. The van der Waals surface area contributed by atoms with Gasteiger partial charge in [0.1, 0.15) is 0 Å². The predicted molar refractivity (Wildman–Crippen MR) is 86.8 cm³/mol. The van der Waals surface area contributed by atoms with Crippen LogP contribution in [0.2, 0.25) is 0 Å². The first-order valence-electron chi connectivity index (χ1n) is 7.06. The first kappa shape index (κ1) is 15.7. The van der Waals surface area contributed by atoms with Gasteiger partial charge in [-0.15, -0.1) is 0 Å². The molecule has 0 bridgehead atoms. The number of aromatic nitrogens is 4. The zero-order valence-electron chi connectivity index (χ0n) is 13.3. The molecule has 8 nitrogen and oxygen atoms in total. The van der Waals surface area contributed by atoms with Crippen LogP contribution in [-0.4, -0.2) is 85.1 Å². The van der Waals surface area contributed by atoms with Gasteiger partial charge in [0.05, 0.1) is 0 Å². The summed E-state index contributed by atoms with van der Waals surface area (Å²) in [5, 5.41) is 16.7. The minimum atomic E-state index is -0.192. The van der Waals surface area contributed by atoms with Gasteiger partial charge in [0.25, 0.3) is 0 Å². The van der Waals surface area contributed by atoms with E-state index in [1.807, 2.05) is 6.92 Å². The van der Waals surface area contributed by atoms with Crippen molar-refractivity contribution in [2.75, 3.05) is 14.1 Å². The molecule has 0 aliphatic carbocycles. The van der Waals surface area contributed by atoms with Gasteiger partial charge in [0, 0.05) is 0 Å². The number of rotatable bonds is 2. The molecule has 0 aromatic carbocycles. The number of carbonyl (C=O) groups excluding carboxylic acids is 2. The van der Waals surface area contributed by atoms with Crippen molar-refractivity contribution in [3.05, 3.63) is 26.0 Å². The molecule has 2 aliphatic rings. The van der Waals surface area contributed by atoms with Crippen molar-refractivity contribution in [1.29, 1.82) is 0 Å². The third-order valence-corrected chi connectivity index (χ3v) is 8.45. The van der Waals surface area contributed by atoms with Crippen LogP contribution in [0.1, 0.15) is 16.1 Å². The zero-order chi connectivity index (χ0) is 17.2. The van der Waals surface area contributed by atoms with Gasteiger partial charge >= 0.3 is 149 Å². The molecule has 2 aromatic heterocycles. The summed E-state index contributed by atoms with van der Waals surface area (Å²) >= 11 is -0.103. The van der Waals surface area contributed by atoms with E-state index in [0.717, 1.165) is 13.7 Å². The van der Waals surface area contributed by atoms with Crippen LogP contribution < -0.4 is 0 Å². The average Bonchev–Trinajstić information content (AvgIpc) is 3.28. The fraction of sp³-hybridized carbons (Fsp3) is 0.286. The van der Waals surface area contributed by atoms with E-state index in [1.54, 1.807) is 21.0 Å². The van der Waals surface area contributed by atoms with E-state index >= 15 is 0 Å². The number of likely N-dealkylation sites (N-methyl/N-ethyl adjacent to an activating group) is 2. The molecule has 10 heteroatoms. The number of hydrogen-bond donors (Lipinski definition) is 0. The van der Waals surface area contributed by atoms with Crippen molar-refractivity contribution in [2.45, 2.75) is 13.8 Å². The van der Waals surface area contributed by atoms with Crippen LogP contribution in [0.4, 0.5) is 0 Å². The Balaban J connectivity index is 1.86. The number of amides is 2. The summed E-state index contributed by atoms with van der Waals surface area (Å²) in [5.74, 6) is -0.326. The van der Waals surface area contributed by atoms with Crippen LogP contribution in [0, 0.1) is 6.92 Å². The number of hydrogen-bond acceptors (Lipinski definition) is 6. The summed E-state index contributed by atoms with van der Waals surface area (Å²) in [6, 6.07) is 0. The van der Waals surface area contributed by atoms with Crippen LogP contribution in [0.5, 0.6) is 0 Å². The van der Waals surface area contributed by atoms with Crippen LogP contribution in [0.25, 0.3) is 14.8 Å². The van der Waals surface area contributed by atoms with Gasteiger partial charge in [0.15, 0.2) is 0 Å².